The fourth-order valence-electron chi connectivity index (χ4n) is 2.19. The Labute approximate surface area is 128 Å². The third-order valence-electron chi connectivity index (χ3n) is 3.51. The number of hydrogen-bond donors (Lipinski definition) is 2. The first-order valence-corrected chi connectivity index (χ1v) is 7.69. The van der Waals surface area contributed by atoms with Crippen molar-refractivity contribution >= 4 is 0 Å². The minimum absolute atomic E-state index is 0.377. The van der Waals surface area contributed by atoms with Gasteiger partial charge in [0.25, 0.3) is 0 Å². The maximum Gasteiger partial charge on any atom is 0.0814 e. The Kier molecular flexibility index (Phi) is 8.03. The molecule has 0 aromatic heterocycles. The van der Waals surface area contributed by atoms with Gasteiger partial charge in [-0.05, 0) is 45.6 Å². The van der Waals surface area contributed by atoms with Crippen molar-refractivity contribution in [2.45, 2.75) is 58.7 Å². The summed E-state index contributed by atoms with van der Waals surface area (Å²) in [5.74, 6) is 0. The van der Waals surface area contributed by atoms with Crippen molar-refractivity contribution < 1.29 is 10.2 Å². The first-order valence-electron chi connectivity index (χ1n) is 7.69. The number of aliphatic hydroxyl groups is 2. The molecular weight excluding hydrogens is 260 g/mol. The van der Waals surface area contributed by atoms with Gasteiger partial charge in [0.05, 0.1) is 12.2 Å². The smallest absolute Gasteiger partial charge is 0.0814 e. The fraction of sp³-hybridized carbons (Fsp3) is 0.474. The minimum atomic E-state index is -0.597. The molecule has 21 heavy (non-hydrogen) atoms. The van der Waals surface area contributed by atoms with Gasteiger partial charge >= 0.3 is 0 Å². The monoisotopic (exact) mass is 288 g/mol. The molecule has 2 atom stereocenters. The van der Waals surface area contributed by atoms with Crippen LogP contribution in [0, 0.1) is 0 Å². The van der Waals surface area contributed by atoms with Crippen LogP contribution in [0.2, 0.25) is 0 Å². The van der Waals surface area contributed by atoms with Gasteiger partial charge in [0.1, 0.15) is 0 Å². The summed E-state index contributed by atoms with van der Waals surface area (Å²) in [4.78, 5) is 0. The van der Waals surface area contributed by atoms with E-state index in [0.29, 0.717) is 12.8 Å². The van der Waals surface area contributed by atoms with Gasteiger partial charge in [0, 0.05) is 6.42 Å². The van der Waals surface area contributed by atoms with Gasteiger partial charge in [0.2, 0.25) is 0 Å². The molecule has 0 fully saturated rings. The topological polar surface area (TPSA) is 40.5 Å². The van der Waals surface area contributed by atoms with E-state index in [4.69, 9.17) is 0 Å². The van der Waals surface area contributed by atoms with Gasteiger partial charge in [0.15, 0.2) is 0 Å². The molecule has 1 rings (SSSR count). The third kappa shape index (κ3) is 7.84. The highest BCUT2D eigenvalue weighted by Crippen LogP contribution is 2.20. The lowest BCUT2D eigenvalue weighted by molar-refractivity contribution is 0.0821. The predicted octanol–water partition coefficient (Wildman–Crippen LogP) is 4.55. The molecule has 0 heterocycles. The molecule has 116 valence electrons. The van der Waals surface area contributed by atoms with Gasteiger partial charge in [-0.25, -0.2) is 0 Å². The lowest BCUT2D eigenvalue weighted by Gasteiger charge is -2.15. The van der Waals surface area contributed by atoms with E-state index in [-0.39, 0.29) is 0 Å². The summed E-state index contributed by atoms with van der Waals surface area (Å²) in [6, 6.07) is 9.50. The molecule has 0 spiro atoms. The average Bonchev–Trinajstić information content (AvgIpc) is 2.45. The molecule has 1 aromatic carbocycles. The Morgan fingerprint density at radius 1 is 1.05 bits per heavy atom. The van der Waals surface area contributed by atoms with Crippen molar-refractivity contribution in [2.75, 3.05) is 0 Å². The molecule has 0 amide bonds. The lowest BCUT2D eigenvalue weighted by Crippen LogP contribution is -2.11. The summed E-state index contributed by atoms with van der Waals surface area (Å²) in [6.07, 6.45) is 6.27. The molecule has 0 radical (unpaired) electrons. The number of benzene rings is 1. The second-order valence-corrected chi connectivity index (χ2v) is 5.92. The van der Waals surface area contributed by atoms with Gasteiger partial charge < -0.3 is 10.2 Å². The Bertz CT molecular complexity index is 456. The van der Waals surface area contributed by atoms with Crippen LogP contribution in [0.1, 0.15) is 58.1 Å². The van der Waals surface area contributed by atoms with Gasteiger partial charge in [-0.3, -0.25) is 0 Å². The molecule has 0 aliphatic carbocycles. The summed E-state index contributed by atoms with van der Waals surface area (Å²) in [5, 5.41) is 20.1. The summed E-state index contributed by atoms with van der Waals surface area (Å²) in [5.41, 5.74) is 3.50. The number of hydrogen-bond acceptors (Lipinski definition) is 2. The molecule has 0 bridgehead atoms. The van der Waals surface area contributed by atoms with Crippen molar-refractivity contribution in [3.63, 3.8) is 0 Å². The van der Waals surface area contributed by atoms with Crippen LogP contribution in [0.15, 0.2) is 53.6 Å². The molecule has 2 heteroatoms. The molecule has 0 saturated carbocycles. The second-order valence-electron chi connectivity index (χ2n) is 5.92. The van der Waals surface area contributed by atoms with Crippen LogP contribution >= 0.6 is 0 Å². The average molecular weight is 288 g/mol. The number of rotatable bonds is 8. The maximum absolute atomic E-state index is 10.1. The van der Waals surface area contributed by atoms with Crippen molar-refractivity contribution in [3.05, 3.63) is 59.2 Å². The second kappa shape index (κ2) is 9.54. The minimum Gasteiger partial charge on any atom is -0.393 e. The van der Waals surface area contributed by atoms with Crippen molar-refractivity contribution in [3.8, 4) is 0 Å². The van der Waals surface area contributed by atoms with E-state index >= 15 is 0 Å². The number of allylic oxidation sites excluding steroid dienone is 3. The van der Waals surface area contributed by atoms with Crippen LogP contribution in [0.4, 0.5) is 0 Å². The molecule has 0 aliphatic heterocycles. The van der Waals surface area contributed by atoms with Crippen LogP contribution in [0.25, 0.3) is 0 Å². The maximum atomic E-state index is 10.1. The Hall–Kier alpha value is -1.38. The number of aliphatic hydroxyl groups excluding tert-OH is 2. The largest absolute Gasteiger partial charge is 0.393 e. The highest BCUT2D eigenvalue weighted by Gasteiger charge is 2.12. The van der Waals surface area contributed by atoms with Crippen molar-refractivity contribution in [1.82, 2.24) is 0 Å². The highest BCUT2D eigenvalue weighted by molar-refractivity contribution is 5.17. The SMILES string of the molecule is CC(C)=CCC/C(C)=C/C[C@@H](O)C[C@H](O)c1ccccc1. The van der Waals surface area contributed by atoms with Gasteiger partial charge in [-0.1, -0.05) is 53.6 Å². The quantitative estimate of drug-likeness (QED) is 0.689. The summed E-state index contributed by atoms with van der Waals surface area (Å²) in [6.45, 7) is 6.31. The highest BCUT2D eigenvalue weighted by atomic mass is 16.3. The van der Waals surface area contributed by atoms with Crippen LogP contribution in [-0.4, -0.2) is 16.3 Å². The standard InChI is InChI=1S/C19H28O2/c1-15(2)8-7-9-16(3)12-13-18(20)14-19(21)17-10-5-4-6-11-17/h4-6,8,10-12,18-21H,7,9,13-14H2,1-3H3/b16-12+/t18-,19+/m1/s1. The zero-order valence-corrected chi connectivity index (χ0v) is 13.4. The molecule has 2 N–H and O–H groups in total. The van der Waals surface area contributed by atoms with E-state index in [1.165, 1.54) is 11.1 Å². The van der Waals surface area contributed by atoms with E-state index in [1.54, 1.807) is 0 Å². The first kappa shape index (κ1) is 17.7. The van der Waals surface area contributed by atoms with E-state index in [9.17, 15) is 10.2 Å². The van der Waals surface area contributed by atoms with Crippen LogP contribution in [-0.2, 0) is 0 Å². The summed E-state index contributed by atoms with van der Waals surface area (Å²) in [7, 11) is 0. The lowest BCUT2D eigenvalue weighted by atomic mass is 10.0. The van der Waals surface area contributed by atoms with Crippen molar-refractivity contribution in [1.29, 1.82) is 0 Å². The molecular formula is C19H28O2. The van der Waals surface area contributed by atoms with Crippen LogP contribution < -0.4 is 0 Å². The van der Waals surface area contributed by atoms with Crippen LogP contribution in [0.5, 0.6) is 0 Å². The molecule has 1 aromatic rings. The normalized spacial score (nSPS) is 14.6. The van der Waals surface area contributed by atoms with Gasteiger partial charge in [-0.15, -0.1) is 0 Å². The third-order valence-corrected chi connectivity index (χ3v) is 3.51. The van der Waals surface area contributed by atoms with E-state index in [2.05, 4.69) is 32.9 Å². The predicted molar refractivity (Wildman–Crippen MR) is 89.1 cm³/mol. The Morgan fingerprint density at radius 3 is 2.33 bits per heavy atom. The van der Waals surface area contributed by atoms with Crippen molar-refractivity contribution in [2.24, 2.45) is 0 Å². The van der Waals surface area contributed by atoms with Gasteiger partial charge in [-0.2, -0.15) is 0 Å². The Morgan fingerprint density at radius 2 is 1.71 bits per heavy atom. The molecule has 0 saturated heterocycles. The van der Waals surface area contributed by atoms with E-state index in [1.807, 2.05) is 30.3 Å². The fourth-order valence-corrected chi connectivity index (χ4v) is 2.19. The zero-order valence-electron chi connectivity index (χ0n) is 13.4. The van der Waals surface area contributed by atoms with E-state index in [0.717, 1.165) is 18.4 Å². The summed E-state index contributed by atoms with van der Waals surface area (Å²) >= 11 is 0. The Balaban J connectivity index is 2.36. The first-order chi connectivity index (χ1) is 9.99. The molecule has 2 nitrogen and oxygen atoms in total. The summed E-state index contributed by atoms with van der Waals surface area (Å²) < 4.78 is 0. The molecule has 0 aliphatic rings. The van der Waals surface area contributed by atoms with Crippen LogP contribution in [0.3, 0.4) is 0 Å². The molecule has 0 unspecified atom stereocenters. The zero-order chi connectivity index (χ0) is 15.7. The van der Waals surface area contributed by atoms with E-state index < -0.39 is 12.2 Å².